The van der Waals surface area contributed by atoms with Crippen LogP contribution in [0.3, 0.4) is 0 Å². The fraction of sp³-hybridized carbons (Fsp3) is 0.750. The van der Waals surface area contributed by atoms with Gasteiger partial charge in [-0.2, -0.15) is 0 Å². The lowest BCUT2D eigenvalue weighted by Gasteiger charge is -2.22. The van der Waals surface area contributed by atoms with Crippen molar-refractivity contribution in [2.75, 3.05) is 25.1 Å². The van der Waals surface area contributed by atoms with Gasteiger partial charge in [-0.3, -0.25) is 0 Å². The standard InChI is InChI=1S/C16H26ClN3O5/c1-3-24-12(25-4-2)6-10-15(17)18-8-19-16(10)20-11-5-9(7-21)13(22)14(11)23/h8-9,11-14,21-23H,3-7H2,1-2H3,(H,18,19,20)/t9-,11-,13?,14?/m1/s1. The number of hydrogen-bond donors (Lipinski definition) is 4. The first kappa shape index (κ1) is 20.3. The van der Waals surface area contributed by atoms with E-state index in [1.165, 1.54) is 6.33 Å². The maximum absolute atomic E-state index is 10.2. The van der Waals surface area contributed by atoms with Gasteiger partial charge in [0.1, 0.15) is 23.4 Å². The van der Waals surface area contributed by atoms with Crippen molar-refractivity contribution in [2.24, 2.45) is 5.92 Å². The van der Waals surface area contributed by atoms with E-state index in [-0.39, 0.29) is 17.7 Å². The van der Waals surface area contributed by atoms with Gasteiger partial charge in [0.05, 0.1) is 12.1 Å². The summed E-state index contributed by atoms with van der Waals surface area (Å²) in [4.78, 5) is 8.22. The second-order valence-electron chi connectivity index (χ2n) is 5.95. The molecule has 9 heteroatoms. The summed E-state index contributed by atoms with van der Waals surface area (Å²) in [6, 6.07) is -0.450. The van der Waals surface area contributed by atoms with Gasteiger partial charge in [-0.05, 0) is 20.3 Å². The number of nitrogens with zero attached hydrogens (tertiary/aromatic N) is 2. The van der Waals surface area contributed by atoms with Gasteiger partial charge in [0.2, 0.25) is 0 Å². The number of nitrogens with one attached hydrogen (secondary N) is 1. The first-order valence-electron chi connectivity index (χ1n) is 8.47. The molecule has 0 bridgehead atoms. The van der Waals surface area contributed by atoms with Crippen LogP contribution in [-0.2, 0) is 15.9 Å². The molecule has 0 aromatic carbocycles. The van der Waals surface area contributed by atoms with Crippen LogP contribution in [0.5, 0.6) is 0 Å². The van der Waals surface area contributed by atoms with E-state index in [1.807, 2.05) is 13.8 Å². The molecule has 25 heavy (non-hydrogen) atoms. The minimum absolute atomic E-state index is 0.190. The van der Waals surface area contributed by atoms with Gasteiger partial charge in [0.15, 0.2) is 6.29 Å². The quantitative estimate of drug-likeness (QED) is 0.366. The van der Waals surface area contributed by atoms with Crippen LogP contribution in [0.4, 0.5) is 5.82 Å². The molecule has 8 nitrogen and oxygen atoms in total. The zero-order valence-corrected chi connectivity index (χ0v) is 15.2. The molecule has 2 rings (SSSR count). The molecule has 142 valence electrons. The van der Waals surface area contributed by atoms with Crippen molar-refractivity contribution >= 4 is 17.4 Å². The Morgan fingerprint density at radius 2 is 1.92 bits per heavy atom. The van der Waals surface area contributed by atoms with Crippen LogP contribution in [0.2, 0.25) is 5.15 Å². The third kappa shape index (κ3) is 4.99. The summed E-state index contributed by atoms with van der Waals surface area (Å²) >= 11 is 6.23. The summed E-state index contributed by atoms with van der Waals surface area (Å²) < 4.78 is 11.1. The van der Waals surface area contributed by atoms with E-state index in [0.29, 0.717) is 37.4 Å². The zero-order chi connectivity index (χ0) is 18.4. The first-order chi connectivity index (χ1) is 12.0. The lowest BCUT2D eigenvalue weighted by Crippen LogP contribution is -2.36. The normalized spacial score (nSPS) is 26.4. The molecule has 0 amide bonds. The highest BCUT2D eigenvalue weighted by Gasteiger charge is 2.41. The van der Waals surface area contributed by atoms with Crippen LogP contribution < -0.4 is 5.32 Å². The average molecular weight is 376 g/mol. The Hall–Kier alpha value is -1.03. The van der Waals surface area contributed by atoms with Crippen molar-refractivity contribution in [3.05, 3.63) is 17.0 Å². The second-order valence-corrected chi connectivity index (χ2v) is 6.30. The number of aromatic nitrogens is 2. The Kier molecular flexibility index (Phi) is 7.80. The molecular weight excluding hydrogens is 350 g/mol. The molecular formula is C16H26ClN3O5. The Labute approximate surface area is 152 Å². The predicted octanol–water partition coefficient (Wildman–Crippen LogP) is 0.586. The lowest BCUT2D eigenvalue weighted by atomic mass is 10.1. The minimum Gasteiger partial charge on any atom is -0.396 e. The predicted molar refractivity (Wildman–Crippen MR) is 92.4 cm³/mol. The Balaban J connectivity index is 2.17. The van der Waals surface area contributed by atoms with E-state index in [1.54, 1.807) is 0 Å². The number of rotatable bonds is 9. The topological polar surface area (TPSA) is 117 Å². The third-order valence-corrected chi connectivity index (χ3v) is 4.65. The molecule has 1 aromatic heterocycles. The molecule has 4 N–H and O–H groups in total. The van der Waals surface area contributed by atoms with E-state index >= 15 is 0 Å². The molecule has 0 radical (unpaired) electrons. The fourth-order valence-corrected chi connectivity index (χ4v) is 3.24. The highest BCUT2D eigenvalue weighted by atomic mass is 35.5. The van der Waals surface area contributed by atoms with Crippen molar-refractivity contribution in [3.8, 4) is 0 Å². The van der Waals surface area contributed by atoms with Gasteiger partial charge in [-0.15, -0.1) is 0 Å². The van der Waals surface area contributed by atoms with Crippen LogP contribution in [0.15, 0.2) is 6.33 Å². The van der Waals surface area contributed by atoms with Crippen LogP contribution in [0.25, 0.3) is 0 Å². The molecule has 1 heterocycles. The van der Waals surface area contributed by atoms with Crippen molar-refractivity contribution in [1.29, 1.82) is 0 Å². The minimum atomic E-state index is -1.01. The van der Waals surface area contributed by atoms with E-state index in [9.17, 15) is 15.3 Å². The number of anilines is 1. The summed E-state index contributed by atoms with van der Waals surface area (Å²) in [5.41, 5.74) is 0.616. The highest BCUT2D eigenvalue weighted by Crippen LogP contribution is 2.31. The van der Waals surface area contributed by atoms with E-state index in [0.717, 1.165) is 0 Å². The smallest absolute Gasteiger partial charge is 0.161 e. The number of ether oxygens (including phenoxy) is 2. The van der Waals surface area contributed by atoms with E-state index < -0.39 is 24.5 Å². The molecule has 4 atom stereocenters. The van der Waals surface area contributed by atoms with Crippen molar-refractivity contribution in [2.45, 2.75) is 51.2 Å². The SMILES string of the molecule is CCOC(Cc1c(Cl)ncnc1N[C@@H]1C[C@H](CO)C(O)C1O)OCC. The maximum Gasteiger partial charge on any atom is 0.161 e. The summed E-state index contributed by atoms with van der Waals surface area (Å²) in [5, 5.41) is 32.8. The van der Waals surface area contributed by atoms with Gasteiger partial charge >= 0.3 is 0 Å². The van der Waals surface area contributed by atoms with E-state index in [4.69, 9.17) is 21.1 Å². The molecule has 1 fully saturated rings. The molecule has 0 spiro atoms. The van der Waals surface area contributed by atoms with Gasteiger partial charge < -0.3 is 30.1 Å². The first-order valence-corrected chi connectivity index (χ1v) is 8.85. The second kappa shape index (κ2) is 9.61. The Bertz CT molecular complexity index is 545. The molecule has 0 aliphatic heterocycles. The average Bonchev–Trinajstić information content (AvgIpc) is 2.86. The molecule has 1 aliphatic rings. The molecule has 1 aromatic rings. The van der Waals surface area contributed by atoms with Crippen LogP contribution in [0.1, 0.15) is 25.8 Å². The van der Waals surface area contributed by atoms with Crippen LogP contribution in [0, 0.1) is 5.92 Å². The van der Waals surface area contributed by atoms with Crippen LogP contribution >= 0.6 is 11.6 Å². The van der Waals surface area contributed by atoms with Gasteiger partial charge in [0.25, 0.3) is 0 Å². The Morgan fingerprint density at radius 3 is 2.48 bits per heavy atom. The highest BCUT2D eigenvalue weighted by molar-refractivity contribution is 6.30. The summed E-state index contributed by atoms with van der Waals surface area (Å²) in [5.74, 6) is 0.0760. The van der Waals surface area contributed by atoms with Crippen molar-refractivity contribution < 1.29 is 24.8 Å². The molecule has 1 aliphatic carbocycles. The number of hydrogen-bond acceptors (Lipinski definition) is 8. The van der Waals surface area contributed by atoms with Gasteiger partial charge in [-0.25, -0.2) is 9.97 Å². The van der Waals surface area contributed by atoms with E-state index in [2.05, 4.69) is 15.3 Å². The number of halogens is 1. The largest absolute Gasteiger partial charge is 0.396 e. The number of aliphatic hydroxyl groups is 3. The van der Waals surface area contributed by atoms with Crippen LogP contribution in [-0.4, -0.2) is 69.6 Å². The van der Waals surface area contributed by atoms with Gasteiger partial charge in [0, 0.05) is 37.7 Å². The molecule has 0 saturated heterocycles. The fourth-order valence-electron chi connectivity index (χ4n) is 3.02. The van der Waals surface area contributed by atoms with Crippen molar-refractivity contribution in [3.63, 3.8) is 0 Å². The molecule has 2 unspecified atom stereocenters. The maximum atomic E-state index is 10.2. The number of aliphatic hydroxyl groups excluding tert-OH is 3. The summed E-state index contributed by atoms with van der Waals surface area (Å²) in [6.07, 6.45) is -0.385. The van der Waals surface area contributed by atoms with Crippen molar-refractivity contribution in [1.82, 2.24) is 9.97 Å². The monoisotopic (exact) mass is 375 g/mol. The van der Waals surface area contributed by atoms with Gasteiger partial charge in [-0.1, -0.05) is 11.6 Å². The zero-order valence-electron chi connectivity index (χ0n) is 14.4. The summed E-state index contributed by atoms with van der Waals surface area (Å²) in [6.45, 7) is 4.54. The summed E-state index contributed by atoms with van der Waals surface area (Å²) in [7, 11) is 0. The third-order valence-electron chi connectivity index (χ3n) is 4.33. The molecule has 1 saturated carbocycles. The Morgan fingerprint density at radius 1 is 1.24 bits per heavy atom. The lowest BCUT2D eigenvalue weighted by molar-refractivity contribution is -0.134.